The lowest BCUT2D eigenvalue weighted by atomic mass is 10.1. The summed E-state index contributed by atoms with van der Waals surface area (Å²) in [5.74, 6) is 0.938. The fourth-order valence-electron chi connectivity index (χ4n) is 1.47. The molecular weight excluding hydrogens is 295 g/mol. The number of ketones is 1. The molecule has 1 unspecified atom stereocenters. The molecule has 0 heterocycles. The molecule has 0 spiro atoms. The molecule has 0 aliphatic heterocycles. The number of hydrogen-bond donors (Lipinski definition) is 0. The zero-order chi connectivity index (χ0) is 12.3. The van der Waals surface area contributed by atoms with Crippen LogP contribution in [0.2, 0.25) is 0 Å². The zero-order valence-electron chi connectivity index (χ0n) is 9.21. The number of rotatable bonds is 4. The van der Waals surface area contributed by atoms with Crippen molar-refractivity contribution in [1.82, 2.24) is 0 Å². The molecule has 1 rings (SSSR count). The molecule has 0 fully saturated rings. The van der Waals surface area contributed by atoms with Gasteiger partial charge >= 0.3 is 0 Å². The van der Waals surface area contributed by atoms with Gasteiger partial charge < -0.3 is 9.47 Å². The molecule has 0 radical (unpaired) electrons. The van der Waals surface area contributed by atoms with Gasteiger partial charge in [-0.1, -0.05) is 15.9 Å². The van der Waals surface area contributed by atoms with Crippen molar-refractivity contribution >= 4 is 33.3 Å². The topological polar surface area (TPSA) is 35.5 Å². The fourth-order valence-corrected chi connectivity index (χ4v) is 1.83. The van der Waals surface area contributed by atoms with Gasteiger partial charge in [-0.2, -0.15) is 0 Å². The van der Waals surface area contributed by atoms with Crippen molar-refractivity contribution in [2.75, 3.05) is 14.2 Å². The van der Waals surface area contributed by atoms with E-state index >= 15 is 0 Å². The van der Waals surface area contributed by atoms with Crippen LogP contribution in [0.5, 0.6) is 11.5 Å². The number of Topliss-reactive ketones (excluding diaryl/α,β-unsaturated/α-hetero) is 1. The van der Waals surface area contributed by atoms with Crippen LogP contribution in [0.3, 0.4) is 0 Å². The van der Waals surface area contributed by atoms with Crippen LogP contribution < -0.4 is 9.47 Å². The van der Waals surface area contributed by atoms with Crippen LogP contribution in [0.1, 0.15) is 15.9 Å². The van der Waals surface area contributed by atoms with E-state index in [4.69, 9.17) is 21.1 Å². The molecule has 16 heavy (non-hydrogen) atoms. The van der Waals surface area contributed by atoms with Crippen molar-refractivity contribution in [2.45, 2.75) is 11.2 Å². The summed E-state index contributed by atoms with van der Waals surface area (Å²) >= 11 is 8.73. The lowest BCUT2D eigenvalue weighted by molar-refractivity contribution is 0.101. The van der Waals surface area contributed by atoms with Crippen molar-refractivity contribution in [3.05, 3.63) is 23.3 Å². The van der Waals surface area contributed by atoms with E-state index in [9.17, 15) is 4.79 Å². The van der Waals surface area contributed by atoms with Crippen LogP contribution in [0, 0.1) is 6.92 Å². The Morgan fingerprint density at radius 2 is 2.00 bits per heavy atom. The van der Waals surface area contributed by atoms with Gasteiger partial charge in [0.15, 0.2) is 10.1 Å². The predicted molar refractivity (Wildman–Crippen MR) is 67.2 cm³/mol. The van der Waals surface area contributed by atoms with Gasteiger partial charge in [-0.15, -0.1) is 11.6 Å². The number of benzene rings is 1. The Hall–Kier alpha value is -0.740. The van der Waals surface area contributed by atoms with Crippen molar-refractivity contribution in [3.63, 3.8) is 0 Å². The van der Waals surface area contributed by atoms with E-state index in [0.717, 1.165) is 5.56 Å². The third-order valence-electron chi connectivity index (χ3n) is 2.24. The Morgan fingerprint density at radius 1 is 1.38 bits per heavy atom. The molecule has 0 bridgehead atoms. The van der Waals surface area contributed by atoms with Crippen molar-refractivity contribution in [1.29, 1.82) is 0 Å². The van der Waals surface area contributed by atoms with Gasteiger partial charge in [0.05, 0.1) is 19.8 Å². The molecule has 0 amide bonds. The van der Waals surface area contributed by atoms with E-state index in [0.29, 0.717) is 17.1 Å². The largest absolute Gasteiger partial charge is 0.496 e. The van der Waals surface area contributed by atoms with Crippen molar-refractivity contribution < 1.29 is 14.3 Å². The molecule has 1 atom stereocenters. The molecule has 0 saturated heterocycles. The number of hydrogen-bond acceptors (Lipinski definition) is 3. The van der Waals surface area contributed by atoms with Crippen LogP contribution in [-0.2, 0) is 0 Å². The monoisotopic (exact) mass is 306 g/mol. The van der Waals surface area contributed by atoms with E-state index < -0.39 is 4.29 Å². The maximum atomic E-state index is 11.8. The summed E-state index contributed by atoms with van der Waals surface area (Å²) < 4.78 is 9.60. The van der Waals surface area contributed by atoms with Crippen LogP contribution in [-0.4, -0.2) is 24.3 Å². The fraction of sp³-hybridized carbons (Fsp3) is 0.364. The number of ether oxygens (including phenoxy) is 2. The molecule has 3 nitrogen and oxygen atoms in total. The van der Waals surface area contributed by atoms with Gasteiger partial charge in [0.1, 0.15) is 11.5 Å². The Bertz CT molecular complexity index is 404. The van der Waals surface area contributed by atoms with Gasteiger partial charge in [0.25, 0.3) is 0 Å². The van der Waals surface area contributed by atoms with Crippen molar-refractivity contribution in [2.24, 2.45) is 0 Å². The average Bonchev–Trinajstić information content (AvgIpc) is 2.27. The van der Waals surface area contributed by atoms with E-state index in [1.54, 1.807) is 19.2 Å². The minimum atomic E-state index is -0.755. The molecule has 1 aromatic rings. The smallest absolute Gasteiger partial charge is 0.195 e. The lowest BCUT2D eigenvalue weighted by Gasteiger charge is -2.13. The highest BCUT2D eigenvalue weighted by atomic mass is 79.9. The summed E-state index contributed by atoms with van der Waals surface area (Å²) in [4.78, 5) is 11.8. The zero-order valence-corrected chi connectivity index (χ0v) is 11.6. The quantitative estimate of drug-likeness (QED) is 0.633. The standard InChI is InChI=1S/C11H12BrClO3/c1-6-8(15-2)5-4-7(10(6)16-3)9(14)11(12)13/h4-5,11H,1-3H3. The molecule has 0 N–H and O–H groups in total. The number of methoxy groups -OCH3 is 2. The SMILES string of the molecule is COc1ccc(C(=O)C(Cl)Br)c(OC)c1C. The van der Waals surface area contributed by atoms with Gasteiger partial charge in [-0.25, -0.2) is 0 Å². The van der Waals surface area contributed by atoms with Crippen LogP contribution >= 0.6 is 27.5 Å². The Labute approximate surface area is 108 Å². The minimum absolute atomic E-state index is 0.232. The minimum Gasteiger partial charge on any atom is -0.496 e. The van der Waals surface area contributed by atoms with E-state index in [-0.39, 0.29) is 5.78 Å². The summed E-state index contributed by atoms with van der Waals surface area (Å²) in [6.45, 7) is 1.83. The highest BCUT2D eigenvalue weighted by Gasteiger charge is 2.21. The normalized spacial score (nSPS) is 12.1. The van der Waals surface area contributed by atoms with E-state index in [1.165, 1.54) is 7.11 Å². The number of halogens is 2. The predicted octanol–water partition coefficient (Wildman–Crippen LogP) is 3.15. The maximum Gasteiger partial charge on any atom is 0.195 e. The second kappa shape index (κ2) is 5.55. The second-order valence-corrected chi connectivity index (χ2v) is 5.02. The molecule has 0 aliphatic rings. The average molecular weight is 308 g/mol. The Kier molecular flexibility index (Phi) is 4.62. The van der Waals surface area contributed by atoms with Crippen LogP contribution in [0.25, 0.3) is 0 Å². The van der Waals surface area contributed by atoms with Gasteiger partial charge in [0, 0.05) is 5.56 Å². The molecule has 1 aromatic carbocycles. The lowest BCUT2D eigenvalue weighted by Crippen LogP contribution is -2.10. The first-order valence-corrected chi connectivity index (χ1v) is 5.92. The molecule has 0 aliphatic carbocycles. The molecular formula is C11H12BrClO3. The third kappa shape index (κ3) is 2.50. The van der Waals surface area contributed by atoms with Crippen LogP contribution in [0.15, 0.2) is 12.1 Å². The molecule has 88 valence electrons. The number of alkyl halides is 2. The van der Waals surface area contributed by atoms with Gasteiger partial charge in [-0.05, 0) is 19.1 Å². The van der Waals surface area contributed by atoms with E-state index in [1.807, 2.05) is 6.92 Å². The summed E-state index contributed by atoms with van der Waals surface area (Å²) in [6, 6.07) is 3.36. The first kappa shape index (κ1) is 13.3. The summed E-state index contributed by atoms with van der Waals surface area (Å²) in [7, 11) is 3.08. The summed E-state index contributed by atoms with van der Waals surface area (Å²) in [5.41, 5.74) is 1.22. The highest BCUT2D eigenvalue weighted by molar-refractivity contribution is 9.10. The Balaban J connectivity index is 3.31. The molecule has 0 aromatic heterocycles. The molecule has 0 saturated carbocycles. The Morgan fingerprint density at radius 3 is 2.44 bits per heavy atom. The summed E-state index contributed by atoms with van der Waals surface area (Å²) in [5, 5.41) is 0. The number of carbonyl (C=O) groups is 1. The van der Waals surface area contributed by atoms with E-state index in [2.05, 4.69) is 15.9 Å². The second-order valence-electron chi connectivity index (χ2n) is 3.14. The van der Waals surface area contributed by atoms with Gasteiger partial charge in [0.2, 0.25) is 0 Å². The molecule has 5 heteroatoms. The van der Waals surface area contributed by atoms with Crippen LogP contribution in [0.4, 0.5) is 0 Å². The third-order valence-corrected chi connectivity index (χ3v) is 2.86. The number of carbonyl (C=O) groups excluding carboxylic acids is 1. The van der Waals surface area contributed by atoms with Crippen molar-refractivity contribution in [3.8, 4) is 11.5 Å². The highest BCUT2D eigenvalue weighted by Crippen LogP contribution is 2.33. The summed E-state index contributed by atoms with van der Waals surface area (Å²) in [6.07, 6.45) is 0. The first-order valence-electron chi connectivity index (χ1n) is 4.56. The first-order chi connectivity index (χ1) is 7.52. The van der Waals surface area contributed by atoms with Gasteiger partial charge in [-0.3, -0.25) is 4.79 Å². The maximum absolute atomic E-state index is 11.8.